The van der Waals surface area contributed by atoms with Crippen LogP contribution in [0.25, 0.3) is 0 Å². The molecule has 2 aromatic rings. The molecule has 0 bridgehead atoms. The average molecular weight is 324 g/mol. The fourth-order valence-corrected chi connectivity index (χ4v) is 3.67. The van der Waals surface area contributed by atoms with Crippen molar-refractivity contribution in [2.45, 2.75) is 38.6 Å². The maximum absolute atomic E-state index is 12.4. The van der Waals surface area contributed by atoms with Crippen LogP contribution in [0.2, 0.25) is 0 Å². The predicted octanol–water partition coefficient (Wildman–Crippen LogP) is 2.34. The fraction of sp³-hybridized carbons (Fsp3) is 0.400. The van der Waals surface area contributed by atoms with E-state index in [0.29, 0.717) is 5.69 Å². The Hall–Kier alpha value is -1.86. The topological polar surface area (TPSA) is 81.4 Å². The molecule has 6 nitrogen and oxygen atoms in total. The second-order valence-corrected chi connectivity index (χ2v) is 6.68. The van der Waals surface area contributed by atoms with Crippen LogP contribution in [0.1, 0.15) is 29.5 Å². The number of aryl methyl sites for hydroxylation is 3. The summed E-state index contributed by atoms with van der Waals surface area (Å²) in [5, 5.41) is 3.68. The smallest absolute Gasteiger partial charge is 0.246 e. The van der Waals surface area contributed by atoms with Crippen LogP contribution in [0.4, 0.5) is 0 Å². The van der Waals surface area contributed by atoms with Gasteiger partial charge < -0.3 is 9.26 Å². The highest BCUT2D eigenvalue weighted by atomic mass is 32.2. The maximum atomic E-state index is 12.4. The number of ether oxygens (including phenoxy) is 1. The Kier molecular flexibility index (Phi) is 4.87. The molecular formula is C15H20N2O4S. The minimum absolute atomic E-state index is 0.108. The van der Waals surface area contributed by atoms with Crippen molar-refractivity contribution in [1.82, 2.24) is 9.88 Å². The molecule has 0 unspecified atom stereocenters. The third kappa shape index (κ3) is 3.31. The summed E-state index contributed by atoms with van der Waals surface area (Å²) < 4.78 is 37.5. The fourth-order valence-electron chi connectivity index (χ4n) is 2.33. The van der Waals surface area contributed by atoms with E-state index in [2.05, 4.69) is 9.88 Å². The van der Waals surface area contributed by atoms with Crippen LogP contribution in [0.3, 0.4) is 0 Å². The molecule has 0 aliphatic rings. The third-order valence-electron chi connectivity index (χ3n) is 3.43. The minimum atomic E-state index is -3.65. The van der Waals surface area contributed by atoms with Gasteiger partial charge in [-0.25, -0.2) is 13.1 Å². The zero-order valence-corrected chi connectivity index (χ0v) is 14.0. The molecule has 2 rings (SSSR count). The van der Waals surface area contributed by atoms with Crippen molar-refractivity contribution < 1.29 is 17.7 Å². The molecule has 0 saturated heterocycles. The van der Waals surface area contributed by atoms with E-state index in [1.807, 2.05) is 25.1 Å². The zero-order valence-electron chi connectivity index (χ0n) is 13.1. The molecule has 0 spiro atoms. The maximum Gasteiger partial charge on any atom is 0.246 e. The second kappa shape index (κ2) is 6.50. The predicted molar refractivity (Wildman–Crippen MR) is 82.4 cm³/mol. The molecular weight excluding hydrogens is 304 g/mol. The lowest BCUT2D eigenvalue weighted by Gasteiger charge is -2.10. The number of nitrogens with one attached hydrogen (secondary N) is 1. The Labute approximate surface area is 130 Å². The van der Waals surface area contributed by atoms with E-state index in [1.54, 1.807) is 21.0 Å². The van der Waals surface area contributed by atoms with E-state index < -0.39 is 10.0 Å². The van der Waals surface area contributed by atoms with Crippen LogP contribution in [-0.4, -0.2) is 20.7 Å². The lowest BCUT2D eigenvalue weighted by Crippen LogP contribution is -2.24. The highest BCUT2D eigenvalue weighted by Gasteiger charge is 2.23. The van der Waals surface area contributed by atoms with Crippen LogP contribution in [0, 0.1) is 13.8 Å². The van der Waals surface area contributed by atoms with E-state index in [9.17, 15) is 8.42 Å². The van der Waals surface area contributed by atoms with Crippen molar-refractivity contribution in [3.8, 4) is 5.75 Å². The number of rotatable bonds is 6. The lowest BCUT2D eigenvalue weighted by atomic mass is 10.1. The molecule has 0 amide bonds. The van der Waals surface area contributed by atoms with Crippen LogP contribution in [0.5, 0.6) is 5.75 Å². The number of benzene rings is 1. The quantitative estimate of drug-likeness (QED) is 0.882. The van der Waals surface area contributed by atoms with Gasteiger partial charge in [0.05, 0.1) is 7.11 Å². The van der Waals surface area contributed by atoms with Gasteiger partial charge in [0.15, 0.2) is 5.76 Å². The summed E-state index contributed by atoms with van der Waals surface area (Å²) in [5.74, 6) is 1.09. The van der Waals surface area contributed by atoms with E-state index in [0.717, 1.165) is 23.3 Å². The summed E-state index contributed by atoms with van der Waals surface area (Å²) in [6, 6.07) is 5.63. The average Bonchev–Trinajstić information content (AvgIpc) is 2.84. The van der Waals surface area contributed by atoms with Gasteiger partial charge in [0.25, 0.3) is 0 Å². The van der Waals surface area contributed by atoms with Gasteiger partial charge in [-0.1, -0.05) is 24.2 Å². The van der Waals surface area contributed by atoms with Gasteiger partial charge in [-0.15, -0.1) is 0 Å². The molecule has 1 N–H and O–H groups in total. The van der Waals surface area contributed by atoms with Crippen molar-refractivity contribution in [3.63, 3.8) is 0 Å². The van der Waals surface area contributed by atoms with Gasteiger partial charge in [0.2, 0.25) is 10.0 Å². The first kappa shape index (κ1) is 16.5. The number of hydrogen-bond donors (Lipinski definition) is 1. The van der Waals surface area contributed by atoms with E-state index in [4.69, 9.17) is 9.26 Å². The zero-order chi connectivity index (χ0) is 16.3. The summed E-state index contributed by atoms with van der Waals surface area (Å²) in [7, 11) is -2.03. The van der Waals surface area contributed by atoms with Gasteiger partial charge in [-0.3, -0.25) is 0 Å². The summed E-state index contributed by atoms with van der Waals surface area (Å²) >= 11 is 0. The summed E-state index contributed by atoms with van der Waals surface area (Å²) in [5.41, 5.74) is 2.26. The second-order valence-electron chi connectivity index (χ2n) is 4.98. The van der Waals surface area contributed by atoms with E-state index >= 15 is 0 Å². The third-order valence-corrected chi connectivity index (χ3v) is 5.07. The summed E-state index contributed by atoms with van der Waals surface area (Å²) in [6.45, 7) is 5.41. The largest absolute Gasteiger partial charge is 0.496 e. The van der Waals surface area contributed by atoms with Crippen LogP contribution in [0.15, 0.2) is 27.6 Å². The Bertz CT molecular complexity index is 746. The molecule has 1 heterocycles. The Balaban J connectivity index is 2.19. The monoisotopic (exact) mass is 324 g/mol. The number of methoxy groups -OCH3 is 1. The molecule has 0 aliphatic heterocycles. The summed E-state index contributed by atoms with van der Waals surface area (Å²) in [6.07, 6.45) is 0.813. The van der Waals surface area contributed by atoms with E-state index in [-0.39, 0.29) is 17.2 Å². The minimum Gasteiger partial charge on any atom is -0.496 e. The Morgan fingerprint density at radius 1 is 1.32 bits per heavy atom. The van der Waals surface area contributed by atoms with Crippen molar-refractivity contribution in [2.24, 2.45) is 0 Å². The normalized spacial score (nSPS) is 11.6. The Morgan fingerprint density at radius 2 is 2.05 bits per heavy atom. The van der Waals surface area contributed by atoms with Crippen LogP contribution < -0.4 is 9.46 Å². The molecule has 7 heteroatoms. The standard InChI is InChI=1S/C15H20N2O4S/c1-5-13-8-12(6-7-14(13)20-4)9-16-22(18,19)15-10(2)17-21-11(15)3/h6-8,16H,5,9H2,1-4H3. The first-order valence-electron chi connectivity index (χ1n) is 6.97. The van der Waals surface area contributed by atoms with Gasteiger partial charge in [-0.05, 0) is 37.5 Å². The Morgan fingerprint density at radius 3 is 2.59 bits per heavy atom. The van der Waals surface area contributed by atoms with Crippen LogP contribution >= 0.6 is 0 Å². The molecule has 1 aromatic heterocycles. The van der Waals surface area contributed by atoms with Crippen molar-refractivity contribution >= 4 is 10.0 Å². The number of aromatic nitrogens is 1. The van der Waals surface area contributed by atoms with Gasteiger partial charge in [0.1, 0.15) is 16.3 Å². The molecule has 0 aliphatic carbocycles. The van der Waals surface area contributed by atoms with Crippen molar-refractivity contribution in [3.05, 3.63) is 40.8 Å². The highest BCUT2D eigenvalue weighted by Crippen LogP contribution is 2.22. The van der Waals surface area contributed by atoms with Gasteiger partial charge in [-0.2, -0.15) is 0 Å². The van der Waals surface area contributed by atoms with Gasteiger partial charge in [0, 0.05) is 6.54 Å². The number of nitrogens with zero attached hydrogens (tertiary/aromatic N) is 1. The first-order chi connectivity index (χ1) is 10.4. The molecule has 0 atom stereocenters. The first-order valence-corrected chi connectivity index (χ1v) is 8.45. The van der Waals surface area contributed by atoms with E-state index in [1.165, 1.54) is 0 Å². The molecule has 1 aromatic carbocycles. The molecule has 22 heavy (non-hydrogen) atoms. The number of sulfonamides is 1. The molecule has 0 saturated carbocycles. The molecule has 120 valence electrons. The lowest BCUT2D eigenvalue weighted by molar-refractivity contribution is 0.390. The van der Waals surface area contributed by atoms with Crippen LogP contribution in [-0.2, 0) is 23.0 Å². The highest BCUT2D eigenvalue weighted by molar-refractivity contribution is 7.89. The van der Waals surface area contributed by atoms with Crippen molar-refractivity contribution in [2.75, 3.05) is 7.11 Å². The van der Waals surface area contributed by atoms with Crippen molar-refractivity contribution in [1.29, 1.82) is 0 Å². The molecule has 0 radical (unpaired) electrons. The molecule has 0 fully saturated rings. The SMILES string of the molecule is CCc1cc(CNS(=O)(=O)c2c(C)noc2C)ccc1OC. The van der Waals surface area contributed by atoms with Gasteiger partial charge >= 0.3 is 0 Å². The summed E-state index contributed by atoms with van der Waals surface area (Å²) in [4.78, 5) is 0.108. The number of hydrogen-bond acceptors (Lipinski definition) is 5.